The van der Waals surface area contributed by atoms with Gasteiger partial charge in [-0.05, 0) is 36.1 Å². The first-order chi connectivity index (χ1) is 10.1. The van der Waals surface area contributed by atoms with Gasteiger partial charge in [-0.15, -0.1) is 11.8 Å². The second-order valence-electron chi connectivity index (χ2n) is 4.41. The number of hydrogen-bond acceptors (Lipinski definition) is 4. The van der Waals surface area contributed by atoms with Crippen molar-refractivity contribution < 1.29 is 14.3 Å². The first-order valence-electron chi connectivity index (χ1n) is 6.32. The summed E-state index contributed by atoms with van der Waals surface area (Å²) >= 11 is 1.51. The van der Waals surface area contributed by atoms with Crippen LogP contribution in [0.4, 0.5) is 10.1 Å². The van der Waals surface area contributed by atoms with Crippen LogP contribution in [0.2, 0.25) is 0 Å². The smallest absolute Gasteiger partial charge is 0.227 e. The monoisotopic (exact) mass is 306 g/mol. The number of amides is 1. The van der Waals surface area contributed by atoms with Crippen molar-refractivity contribution in [2.45, 2.75) is 17.6 Å². The first kappa shape index (κ1) is 15.5. The van der Waals surface area contributed by atoms with E-state index >= 15 is 0 Å². The number of carbonyl (C=O) groups excluding carboxylic acids is 1. The van der Waals surface area contributed by atoms with Crippen LogP contribution in [0.5, 0.6) is 0 Å². The molecule has 2 N–H and O–H groups in total. The van der Waals surface area contributed by atoms with E-state index in [0.717, 1.165) is 5.03 Å². The lowest BCUT2D eigenvalue weighted by atomic mass is 10.1. The standard InChI is InChI=1S/C15H15FN2O2S/c1-21-15-6-5-12(9-17-15)18-14(20)8-13(19)10-3-2-4-11(16)7-10/h2-7,9,13,19H,8H2,1H3,(H,18,20). The summed E-state index contributed by atoms with van der Waals surface area (Å²) in [5, 5.41) is 13.4. The van der Waals surface area contributed by atoms with E-state index in [2.05, 4.69) is 10.3 Å². The quantitative estimate of drug-likeness (QED) is 0.834. The zero-order chi connectivity index (χ0) is 15.2. The molecule has 2 aromatic rings. The lowest BCUT2D eigenvalue weighted by Gasteiger charge is -2.11. The zero-order valence-electron chi connectivity index (χ0n) is 11.4. The Morgan fingerprint density at radius 3 is 2.86 bits per heavy atom. The molecule has 0 saturated carbocycles. The van der Waals surface area contributed by atoms with Gasteiger partial charge in [-0.3, -0.25) is 4.79 Å². The lowest BCUT2D eigenvalue weighted by molar-refractivity contribution is -0.118. The van der Waals surface area contributed by atoms with Gasteiger partial charge in [-0.2, -0.15) is 0 Å². The Morgan fingerprint density at radius 2 is 2.24 bits per heavy atom. The lowest BCUT2D eigenvalue weighted by Crippen LogP contribution is -2.15. The highest BCUT2D eigenvalue weighted by Gasteiger charge is 2.13. The number of aliphatic hydroxyl groups excluding tert-OH is 1. The molecule has 1 heterocycles. The van der Waals surface area contributed by atoms with Gasteiger partial charge in [-0.25, -0.2) is 9.37 Å². The number of hydrogen-bond donors (Lipinski definition) is 2. The van der Waals surface area contributed by atoms with Crippen LogP contribution in [0, 0.1) is 5.82 Å². The van der Waals surface area contributed by atoms with Crippen LogP contribution in [0.1, 0.15) is 18.1 Å². The largest absolute Gasteiger partial charge is 0.388 e. The van der Waals surface area contributed by atoms with Crippen LogP contribution >= 0.6 is 11.8 Å². The molecule has 0 aliphatic carbocycles. The molecule has 21 heavy (non-hydrogen) atoms. The molecule has 1 amide bonds. The molecule has 110 valence electrons. The van der Waals surface area contributed by atoms with E-state index < -0.39 is 11.9 Å². The first-order valence-corrected chi connectivity index (χ1v) is 7.54. The average molecular weight is 306 g/mol. The van der Waals surface area contributed by atoms with E-state index in [0.29, 0.717) is 11.3 Å². The van der Waals surface area contributed by atoms with E-state index in [9.17, 15) is 14.3 Å². The van der Waals surface area contributed by atoms with Gasteiger partial charge < -0.3 is 10.4 Å². The maximum absolute atomic E-state index is 13.1. The van der Waals surface area contributed by atoms with Crippen molar-refractivity contribution in [2.75, 3.05) is 11.6 Å². The Balaban J connectivity index is 1.94. The summed E-state index contributed by atoms with van der Waals surface area (Å²) in [6, 6.07) is 9.11. The number of thioether (sulfide) groups is 1. The molecular formula is C15H15FN2O2S. The molecule has 2 rings (SSSR count). The third-order valence-corrected chi connectivity index (χ3v) is 3.50. The molecule has 4 nitrogen and oxygen atoms in total. The Morgan fingerprint density at radius 1 is 1.43 bits per heavy atom. The molecule has 6 heteroatoms. The van der Waals surface area contributed by atoms with Crippen LogP contribution in [0.15, 0.2) is 47.6 Å². The van der Waals surface area contributed by atoms with Crippen molar-refractivity contribution in [2.24, 2.45) is 0 Å². The molecule has 1 aromatic heterocycles. The van der Waals surface area contributed by atoms with Crippen LogP contribution in [-0.4, -0.2) is 22.3 Å². The summed E-state index contributed by atoms with van der Waals surface area (Å²) in [7, 11) is 0. The molecule has 0 fully saturated rings. The molecule has 1 atom stereocenters. The molecule has 1 unspecified atom stereocenters. The van der Waals surface area contributed by atoms with E-state index in [1.165, 1.54) is 30.0 Å². The number of anilines is 1. The van der Waals surface area contributed by atoms with Crippen LogP contribution in [0.25, 0.3) is 0 Å². The van der Waals surface area contributed by atoms with Gasteiger partial charge in [0.15, 0.2) is 0 Å². The SMILES string of the molecule is CSc1ccc(NC(=O)CC(O)c2cccc(F)c2)cn1. The number of pyridine rings is 1. The highest BCUT2D eigenvalue weighted by Crippen LogP contribution is 2.19. The van der Waals surface area contributed by atoms with Gasteiger partial charge in [-0.1, -0.05) is 12.1 Å². The van der Waals surface area contributed by atoms with E-state index in [1.54, 1.807) is 24.4 Å². The topological polar surface area (TPSA) is 62.2 Å². The van der Waals surface area contributed by atoms with Crippen LogP contribution < -0.4 is 5.32 Å². The fourth-order valence-corrected chi connectivity index (χ4v) is 2.16. The van der Waals surface area contributed by atoms with Crippen molar-refractivity contribution in [3.63, 3.8) is 0 Å². The molecule has 0 aliphatic heterocycles. The third kappa shape index (κ3) is 4.54. The molecular weight excluding hydrogens is 291 g/mol. The van der Waals surface area contributed by atoms with E-state index in [4.69, 9.17) is 0 Å². The maximum Gasteiger partial charge on any atom is 0.227 e. The number of halogens is 1. The number of benzene rings is 1. The number of nitrogens with zero attached hydrogens (tertiary/aromatic N) is 1. The van der Waals surface area contributed by atoms with Crippen LogP contribution in [0.3, 0.4) is 0 Å². The Kier molecular flexibility index (Phi) is 5.30. The van der Waals surface area contributed by atoms with Crippen molar-refractivity contribution in [3.8, 4) is 0 Å². The third-order valence-electron chi connectivity index (χ3n) is 2.84. The number of aliphatic hydroxyl groups is 1. The van der Waals surface area contributed by atoms with Gasteiger partial charge in [0.1, 0.15) is 5.82 Å². The second-order valence-corrected chi connectivity index (χ2v) is 5.24. The second kappa shape index (κ2) is 7.19. The minimum absolute atomic E-state index is 0.145. The number of nitrogens with one attached hydrogen (secondary N) is 1. The summed E-state index contributed by atoms with van der Waals surface area (Å²) in [6.45, 7) is 0. The molecule has 0 aliphatic rings. The summed E-state index contributed by atoms with van der Waals surface area (Å²) in [5.41, 5.74) is 0.935. The molecule has 0 saturated heterocycles. The summed E-state index contributed by atoms with van der Waals surface area (Å²) in [5.74, 6) is -0.797. The number of rotatable bonds is 5. The minimum Gasteiger partial charge on any atom is -0.388 e. The van der Waals surface area contributed by atoms with Crippen molar-refractivity contribution in [3.05, 3.63) is 54.0 Å². The van der Waals surface area contributed by atoms with E-state index in [-0.39, 0.29) is 12.3 Å². The molecule has 1 aromatic carbocycles. The fourth-order valence-electron chi connectivity index (χ4n) is 1.79. The van der Waals surface area contributed by atoms with E-state index in [1.807, 2.05) is 6.26 Å². The Hall–Kier alpha value is -1.92. The summed E-state index contributed by atoms with van der Waals surface area (Å²) in [4.78, 5) is 16.0. The molecule has 0 bridgehead atoms. The fraction of sp³-hybridized carbons (Fsp3) is 0.200. The number of carbonyl (C=O) groups is 1. The average Bonchev–Trinajstić information content (AvgIpc) is 2.48. The van der Waals surface area contributed by atoms with Crippen molar-refractivity contribution in [1.82, 2.24) is 4.98 Å². The highest BCUT2D eigenvalue weighted by atomic mass is 32.2. The Labute approximate surface area is 126 Å². The van der Waals surface area contributed by atoms with Gasteiger partial charge in [0, 0.05) is 0 Å². The summed E-state index contributed by atoms with van der Waals surface area (Å²) in [6.07, 6.45) is 2.28. The van der Waals surface area contributed by atoms with Crippen molar-refractivity contribution in [1.29, 1.82) is 0 Å². The molecule has 0 spiro atoms. The van der Waals surface area contributed by atoms with Gasteiger partial charge in [0.25, 0.3) is 0 Å². The van der Waals surface area contributed by atoms with Crippen molar-refractivity contribution >= 4 is 23.4 Å². The predicted octanol–water partition coefficient (Wildman–Crippen LogP) is 3.00. The van der Waals surface area contributed by atoms with Gasteiger partial charge in [0.2, 0.25) is 5.91 Å². The molecule has 0 radical (unpaired) electrons. The zero-order valence-corrected chi connectivity index (χ0v) is 12.2. The van der Waals surface area contributed by atoms with Crippen LogP contribution in [-0.2, 0) is 4.79 Å². The predicted molar refractivity (Wildman–Crippen MR) is 80.6 cm³/mol. The minimum atomic E-state index is -1.04. The number of aromatic nitrogens is 1. The summed E-state index contributed by atoms with van der Waals surface area (Å²) < 4.78 is 13.1. The normalized spacial score (nSPS) is 12.0. The Bertz CT molecular complexity index is 619. The van der Waals surface area contributed by atoms with Gasteiger partial charge >= 0.3 is 0 Å². The maximum atomic E-state index is 13.1. The van der Waals surface area contributed by atoms with Gasteiger partial charge in [0.05, 0.1) is 29.4 Å². The highest BCUT2D eigenvalue weighted by molar-refractivity contribution is 7.98.